The van der Waals surface area contributed by atoms with Crippen molar-refractivity contribution in [2.45, 2.75) is 72.1 Å². The van der Waals surface area contributed by atoms with E-state index in [9.17, 15) is 9.59 Å². The van der Waals surface area contributed by atoms with Gasteiger partial charge in [0.25, 0.3) is 0 Å². The molecule has 0 aromatic rings. The second-order valence-electron chi connectivity index (χ2n) is 8.10. The van der Waals surface area contributed by atoms with Gasteiger partial charge in [0.05, 0.1) is 5.60 Å². The van der Waals surface area contributed by atoms with Crippen molar-refractivity contribution in [2.75, 3.05) is 13.7 Å². The summed E-state index contributed by atoms with van der Waals surface area (Å²) in [6.07, 6.45) is 0.686. The average molecular weight is 298 g/mol. The maximum absolute atomic E-state index is 12.7. The van der Waals surface area contributed by atoms with Crippen LogP contribution in [0.3, 0.4) is 0 Å². The molecule has 1 atom stereocenters. The topological polar surface area (TPSA) is 58.6 Å². The highest BCUT2D eigenvalue weighted by Crippen LogP contribution is 2.31. The molecule has 1 aliphatic heterocycles. The molecule has 5 nitrogen and oxygen atoms in total. The molecule has 1 unspecified atom stereocenters. The summed E-state index contributed by atoms with van der Waals surface area (Å²) in [5, 5.41) is 2.84. The third-order valence-corrected chi connectivity index (χ3v) is 4.12. The van der Waals surface area contributed by atoms with Gasteiger partial charge in [-0.05, 0) is 39.5 Å². The number of carbonyl (C=O) groups excluding carboxylic acids is 2. The number of hydrogen-bond donors (Lipinski definition) is 1. The number of amides is 2. The quantitative estimate of drug-likeness (QED) is 0.863. The van der Waals surface area contributed by atoms with E-state index in [-0.39, 0.29) is 22.8 Å². The molecule has 0 aromatic heterocycles. The van der Waals surface area contributed by atoms with E-state index in [1.165, 1.54) is 0 Å². The highest BCUT2D eigenvalue weighted by Gasteiger charge is 2.49. The first-order valence-corrected chi connectivity index (χ1v) is 7.50. The Balaban J connectivity index is 3.06. The lowest BCUT2D eigenvalue weighted by Gasteiger charge is -2.48. The van der Waals surface area contributed by atoms with Gasteiger partial charge in [-0.25, -0.2) is 0 Å². The fourth-order valence-electron chi connectivity index (χ4n) is 2.63. The van der Waals surface area contributed by atoms with Crippen LogP contribution >= 0.6 is 0 Å². The molecule has 1 aliphatic rings. The molecular weight excluding hydrogens is 268 g/mol. The van der Waals surface area contributed by atoms with Crippen LogP contribution in [0, 0.1) is 5.41 Å². The molecule has 0 saturated carbocycles. The van der Waals surface area contributed by atoms with Crippen LogP contribution in [0.1, 0.15) is 54.9 Å². The van der Waals surface area contributed by atoms with Crippen LogP contribution in [0.5, 0.6) is 0 Å². The predicted molar refractivity (Wildman–Crippen MR) is 82.9 cm³/mol. The van der Waals surface area contributed by atoms with E-state index < -0.39 is 11.6 Å². The zero-order chi connectivity index (χ0) is 16.6. The Hall–Kier alpha value is -1.10. The summed E-state index contributed by atoms with van der Waals surface area (Å²) in [6.45, 7) is 13.9. The smallest absolute Gasteiger partial charge is 0.248 e. The van der Waals surface area contributed by atoms with Crippen LogP contribution < -0.4 is 5.32 Å². The van der Waals surface area contributed by atoms with Gasteiger partial charge in [-0.3, -0.25) is 9.59 Å². The Morgan fingerprint density at radius 3 is 2.14 bits per heavy atom. The molecule has 1 saturated heterocycles. The number of piperazine rings is 1. The Labute approximate surface area is 128 Å². The van der Waals surface area contributed by atoms with E-state index in [1.54, 1.807) is 25.9 Å². The minimum absolute atomic E-state index is 0.0334. The third-order valence-electron chi connectivity index (χ3n) is 4.12. The van der Waals surface area contributed by atoms with Crippen molar-refractivity contribution in [1.29, 1.82) is 0 Å². The standard InChI is InChI=1S/C16H30N2O3/c1-14(2,3)11-12(19)17-16(6,7)13(20)18(11)10-9-15(4,5)21-8/h11H,9-10H2,1-8H3,(H,17,19). The van der Waals surface area contributed by atoms with Gasteiger partial charge < -0.3 is 15.0 Å². The van der Waals surface area contributed by atoms with Crippen LogP contribution in [0.4, 0.5) is 0 Å². The number of methoxy groups -OCH3 is 1. The molecule has 0 aromatic carbocycles. The number of rotatable bonds is 4. The third kappa shape index (κ3) is 3.96. The zero-order valence-electron chi connectivity index (χ0n) is 14.7. The number of carbonyl (C=O) groups is 2. The van der Waals surface area contributed by atoms with Gasteiger partial charge in [-0.2, -0.15) is 0 Å². The van der Waals surface area contributed by atoms with Crippen molar-refractivity contribution in [1.82, 2.24) is 10.2 Å². The summed E-state index contributed by atoms with van der Waals surface area (Å²) >= 11 is 0. The molecular formula is C16H30N2O3. The van der Waals surface area contributed by atoms with E-state index in [1.807, 2.05) is 34.6 Å². The van der Waals surface area contributed by atoms with Gasteiger partial charge in [0.2, 0.25) is 11.8 Å². The number of nitrogens with zero attached hydrogens (tertiary/aromatic N) is 1. The molecule has 2 amide bonds. The lowest BCUT2D eigenvalue weighted by molar-refractivity contribution is -0.158. The van der Waals surface area contributed by atoms with E-state index in [0.717, 1.165) is 0 Å². The van der Waals surface area contributed by atoms with Gasteiger partial charge in [-0.1, -0.05) is 20.8 Å². The van der Waals surface area contributed by atoms with Crippen molar-refractivity contribution >= 4 is 11.8 Å². The van der Waals surface area contributed by atoms with Crippen molar-refractivity contribution < 1.29 is 14.3 Å². The van der Waals surface area contributed by atoms with E-state index in [4.69, 9.17) is 4.74 Å². The summed E-state index contributed by atoms with van der Waals surface area (Å²) in [4.78, 5) is 26.9. The Morgan fingerprint density at radius 2 is 1.71 bits per heavy atom. The zero-order valence-corrected chi connectivity index (χ0v) is 14.7. The minimum Gasteiger partial charge on any atom is -0.379 e. The van der Waals surface area contributed by atoms with Gasteiger partial charge in [0.15, 0.2) is 0 Å². The van der Waals surface area contributed by atoms with E-state index in [0.29, 0.717) is 13.0 Å². The molecule has 122 valence electrons. The molecule has 0 bridgehead atoms. The Bertz CT molecular complexity index is 422. The van der Waals surface area contributed by atoms with Crippen molar-refractivity contribution in [3.63, 3.8) is 0 Å². The second-order valence-corrected chi connectivity index (χ2v) is 8.10. The fourth-order valence-corrected chi connectivity index (χ4v) is 2.63. The molecule has 0 radical (unpaired) electrons. The predicted octanol–water partition coefficient (Wildman–Crippen LogP) is 1.95. The number of ether oxygens (including phenoxy) is 1. The van der Waals surface area contributed by atoms with Gasteiger partial charge >= 0.3 is 0 Å². The maximum Gasteiger partial charge on any atom is 0.248 e. The van der Waals surface area contributed by atoms with Crippen LogP contribution in [0.25, 0.3) is 0 Å². The first-order valence-electron chi connectivity index (χ1n) is 7.50. The highest BCUT2D eigenvalue weighted by molar-refractivity contribution is 5.99. The van der Waals surface area contributed by atoms with E-state index in [2.05, 4.69) is 5.32 Å². The van der Waals surface area contributed by atoms with Crippen LogP contribution in [-0.2, 0) is 14.3 Å². The van der Waals surface area contributed by atoms with E-state index >= 15 is 0 Å². The van der Waals surface area contributed by atoms with Crippen LogP contribution in [0.2, 0.25) is 0 Å². The summed E-state index contributed by atoms with van der Waals surface area (Å²) < 4.78 is 5.43. The summed E-state index contributed by atoms with van der Waals surface area (Å²) in [5.41, 5.74) is -1.48. The van der Waals surface area contributed by atoms with Gasteiger partial charge in [0, 0.05) is 13.7 Å². The molecule has 1 fully saturated rings. The Morgan fingerprint density at radius 1 is 1.19 bits per heavy atom. The first kappa shape index (κ1) is 18.0. The molecule has 0 aliphatic carbocycles. The number of hydrogen-bond acceptors (Lipinski definition) is 3. The first-order chi connectivity index (χ1) is 9.32. The van der Waals surface area contributed by atoms with Gasteiger partial charge in [0.1, 0.15) is 11.6 Å². The summed E-state index contributed by atoms with van der Waals surface area (Å²) in [5.74, 6) is -0.115. The molecule has 1 heterocycles. The molecule has 0 spiro atoms. The highest BCUT2D eigenvalue weighted by atomic mass is 16.5. The molecule has 21 heavy (non-hydrogen) atoms. The molecule has 5 heteroatoms. The average Bonchev–Trinajstić information content (AvgIpc) is 2.29. The second kappa shape index (κ2) is 5.59. The monoisotopic (exact) mass is 298 g/mol. The van der Waals surface area contributed by atoms with Gasteiger partial charge in [-0.15, -0.1) is 0 Å². The maximum atomic E-state index is 12.7. The summed E-state index contributed by atoms with van der Waals surface area (Å²) in [6, 6.07) is -0.453. The molecule has 1 rings (SSSR count). The summed E-state index contributed by atoms with van der Waals surface area (Å²) in [7, 11) is 1.66. The lowest BCUT2D eigenvalue weighted by Crippen LogP contribution is -2.71. The normalized spacial score (nSPS) is 23.2. The van der Waals surface area contributed by atoms with Crippen molar-refractivity contribution in [3.05, 3.63) is 0 Å². The van der Waals surface area contributed by atoms with Crippen molar-refractivity contribution in [2.24, 2.45) is 5.41 Å². The molecule has 1 N–H and O–H groups in total. The van der Waals surface area contributed by atoms with Crippen LogP contribution in [-0.4, -0.2) is 47.6 Å². The SMILES string of the molecule is COC(C)(C)CCN1C(=O)C(C)(C)NC(=O)C1C(C)(C)C. The number of nitrogens with one attached hydrogen (secondary N) is 1. The van der Waals surface area contributed by atoms with Crippen LogP contribution in [0.15, 0.2) is 0 Å². The largest absolute Gasteiger partial charge is 0.379 e. The minimum atomic E-state index is -0.851. The van der Waals surface area contributed by atoms with Crippen molar-refractivity contribution in [3.8, 4) is 0 Å². The Kier molecular flexibility index (Phi) is 4.78. The lowest BCUT2D eigenvalue weighted by atomic mass is 9.81. The fraction of sp³-hybridized carbons (Fsp3) is 0.875.